The minimum Gasteiger partial charge on any atom is -0.495 e. The first-order valence-corrected chi connectivity index (χ1v) is 11.2. The number of furan rings is 1. The molecule has 0 aliphatic carbocycles. The van der Waals surface area contributed by atoms with Gasteiger partial charge in [-0.3, -0.25) is 4.79 Å². The number of rotatable bonds is 5. The van der Waals surface area contributed by atoms with E-state index in [0.29, 0.717) is 41.1 Å². The molecule has 158 valence electrons. The number of hydrogen-bond donors (Lipinski definition) is 1. The number of methoxy groups -OCH3 is 1. The first kappa shape index (κ1) is 20.4. The molecule has 2 heterocycles. The maximum Gasteiger partial charge on any atom is 0.291 e. The zero-order valence-electron chi connectivity index (χ0n) is 17.2. The first-order chi connectivity index (χ1) is 14.3. The van der Waals surface area contributed by atoms with E-state index in [4.69, 9.17) is 9.15 Å². The van der Waals surface area contributed by atoms with Crippen molar-refractivity contribution in [3.05, 3.63) is 53.3 Å². The van der Waals surface area contributed by atoms with Gasteiger partial charge in [0.05, 0.1) is 17.7 Å². The molecule has 8 heteroatoms. The zero-order chi connectivity index (χ0) is 21.5. The first-order valence-electron chi connectivity index (χ1n) is 9.80. The summed E-state index contributed by atoms with van der Waals surface area (Å²) in [4.78, 5) is 13.1. The second kappa shape index (κ2) is 7.77. The Morgan fingerprint density at radius 1 is 1.10 bits per heavy atom. The minimum absolute atomic E-state index is 0.143. The topological polar surface area (TPSA) is 88.8 Å². The van der Waals surface area contributed by atoms with Crippen LogP contribution in [0.5, 0.6) is 5.75 Å². The predicted molar refractivity (Wildman–Crippen MR) is 115 cm³/mol. The number of nitrogens with one attached hydrogen (secondary N) is 1. The van der Waals surface area contributed by atoms with E-state index >= 15 is 0 Å². The highest BCUT2D eigenvalue weighted by molar-refractivity contribution is 7.89. The van der Waals surface area contributed by atoms with E-state index < -0.39 is 15.9 Å². The maximum atomic E-state index is 12.9. The molecule has 1 saturated heterocycles. The lowest BCUT2D eigenvalue weighted by molar-refractivity contribution is 0.0997. The van der Waals surface area contributed by atoms with E-state index in [0.717, 1.165) is 18.4 Å². The average Bonchev–Trinajstić information content (AvgIpc) is 3.37. The summed E-state index contributed by atoms with van der Waals surface area (Å²) in [5.41, 5.74) is 2.57. The van der Waals surface area contributed by atoms with E-state index in [-0.39, 0.29) is 10.7 Å². The Labute approximate surface area is 175 Å². The van der Waals surface area contributed by atoms with Gasteiger partial charge in [0.1, 0.15) is 11.3 Å². The number of carbonyl (C=O) groups is 1. The Balaban J connectivity index is 1.68. The van der Waals surface area contributed by atoms with Gasteiger partial charge < -0.3 is 14.5 Å². The molecule has 3 aromatic rings. The molecule has 30 heavy (non-hydrogen) atoms. The molecule has 1 amide bonds. The van der Waals surface area contributed by atoms with Crippen LogP contribution in [-0.2, 0) is 10.0 Å². The third-order valence-electron chi connectivity index (χ3n) is 5.42. The number of hydrogen-bond acceptors (Lipinski definition) is 5. The van der Waals surface area contributed by atoms with E-state index in [1.807, 2.05) is 19.1 Å². The van der Waals surface area contributed by atoms with Gasteiger partial charge in [0.25, 0.3) is 5.91 Å². The molecule has 4 rings (SSSR count). The number of sulfonamides is 1. The SMILES string of the molecule is COc1ccc(C)cc1NC(=O)c1oc2ccc(S(=O)(=O)N3CCCC3)cc2c1C. The van der Waals surface area contributed by atoms with Gasteiger partial charge >= 0.3 is 0 Å². The van der Waals surface area contributed by atoms with Crippen LogP contribution in [0.3, 0.4) is 0 Å². The Hall–Kier alpha value is -2.84. The van der Waals surface area contributed by atoms with Crippen molar-refractivity contribution in [1.29, 1.82) is 0 Å². The number of aryl methyl sites for hydroxylation is 2. The van der Waals surface area contributed by atoms with Crippen molar-refractivity contribution >= 4 is 32.6 Å². The summed E-state index contributed by atoms with van der Waals surface area (Å²) in [5.74, 6) is 0.266. The van der Waals surface area contributed by atoms with Crippen molar-refractivity contribution in [2.45, 2.75) is 31.6 Å². The van der Waals surface area contributed by atoms with Gasteiger partial charge in [-0.2, -0.15) is 4.31 Å². The fourth-order valence-corrected chi connectivity index (χ4v) is 5.30. The number of amides is 1. The van der Waals surface area contributed by atoms with Crippen molar-refractivity contribution in [2.24, 2.45) is 0 Å². The van der Waals surface area contributed by atoms with Gasteiger partial charge in [-0.05, 0) is 62.6 Å². The molecule has 0 spiro atoms. The summed E-state index contributed by atoms with van der Waals surface area (Å²) in [5, 5.41) is 3.43. The summed E-state index contributed by atoms with van der Waals surface area (Å²) in [6.45, 7) is 4.75. The Kier molecular flexibility index (Phi) is 5.29. The van der Waals surface area contributed by atoms with E-state index in [2.05, 4.69) is 5.32 Å². The van der Waals surface area contributed by atoms with Gasteiger partial charge in [-0.15, -0.1) is 0 Å². The molecule has 1 fully saturated rings. The normalized spacial score (nSPS) is 14.9. The minimum atomic E-state index is -3.55. The van der Waals surface area contributed by atoms with Crippen molar-refractivity contribution in [2.75, 3.05) is 25.5 Å². The Bertz CT molecular complexity index is 1220. The molecule has 2 aromatic carbocycles. The molecule has 7 nitrogen and oxygen atoms in total. The zero-order valence-corrected chi connectivity index (χ0v) is 18.0. The van der Waals surface area contributed by atoms with E-state index in [1.54, 1.807) is 25.1 Å². The van der Waals surface area contributed by atoms with Crippen LogP contribution in [0, 0.1) is 13.8 Å². The monoisotopic (exact) mass is 428 g/mol. The summed E-state index contributed by atoms with van der Waals surface area (Å²) in [7, 11) is -2.01. The molecule has 0 bridgehead atoms. The Morgan fingerprint density at radius 2 is 1.83 bits per heavy atom. The van der Waals surface area contributed by atoms with Gasteiger partial charge in [0, 0.05) is 24.0 Å². The summed E-state index contributed by atoms with van der Waals surface area (Å²) < 4.78 is 38.3. The summed E-state index contributed by atoms with van der Waals surface area (Å²) in [6, 6.07) is 10.2. The second-order valence-electron chi connectivity index (χ2n) is 7.48. The molecule has 1 aliphatic rings. The van der Waals surface area contributed by atoms with Gasteiger partial charge in [-0.1, -0.05) is 6.07 Å². The van der Waals surface area contributed by atoms with Crippen LogP contribution >= 0.6 is 0 Å². The average molecular weight is 429 g/mol. The molecule has 1 aliphatic heterocycles. The van der Waals surface area contributed by atoms with Gasteiger partial charge in [-0.25, -0.2) is 8.42 Å². The largest absolute Gasteiger partial charge is 0.495 e. The third kappa shape index (κ3) is 3.57. The highest BCUT2D eigenvalue weighted by Crippen LogP contribution is 2.31. The van der Waals surface area contributed by atoms with Crippen LogP contribution in [0.2, 0.25) is 0 Å². The number of nitrogens with zero attached hydrogens (tertiary/aromatic N) is 1. The number of ether oxygens (including phenoxy) is 1. The predicted octanol–water partition coefficient (Wildman–Crippen LogP) is 4.10. The van der Waals surface area contributed by atoms with Crippen LogP contribution in [0.1, 0.15) is 34.5 Å². The molecule has 0 atom stereocenters. The fourth-order valence-electron chi connectivity index (χ4n) is 3.75. The lowest BCUT2D eigenvalue weighted by atomic mass is 10.1. The van der Waals surface area contributed by atoms with Gasteiger partial charge in [0.2, 0.25) is 10.0 Å². The second-order valence-corrected chi connectivity index (χ2v) is 9.42. The number of anilines is 1. The smallest absolute Gasteiger partial charge is 0.291 e. The van der Waals surface area contributed by atoms with E-state index in [1.165, 1.54) is 17.5 Å². The standard InChI is InChI=1S/C22H24N2O5S/c1-14-6-8-20(28-3)18(12-14)23-22(25)21-15(2)17-13-16(7-9-19(17)29-21)30(26,27)24-10-4-5-11-24/h6-9,12-13H,4-5,10-11H2,1-3H3,(H,23,25). The van der Waals surface area contributed by atoms with Crippen molar-refractivity contribution in [1.82, 2.24) is 4.31 Å². The Morgan fingerprint density at radius 3 is 2.53 bits per heavy atom. The van der Waals surface area contributed by atoms with Crippen molar-refractivity contribution in [3.63, 3.8) is 0 Å². The molecular formula is C22H24N2O5S. The van der Waals surface area contributed by atoms with E-state index in [9.17, 15) is 13.2 Å². The number of fused-ring (bicyclic) bond motifs is 1. The molecule has 1 aromatic heterocycles. The van der Waals surface area contributed by atoms with Crippen LogP contribution in [0.25, 0.3) is 11.0 Å². The molecule has 0 saturated carbocycles. The van der Waals surface area contributed by atoms with Crippen LogP contribution < -0.4 is 10.1 Å². The third-order valence-corrected chi connectivity index (χ3v) is 7.31. The van der Waals surface area contributed by atoms with Crippen molar-refractivity contribution in [3.8, 4) is 5.75 Å². The molecule has 0 unspecified atom stereocenters. The molecule has 1 N–H and O–H groups in total. The van der Waals surface area contributed by atoms with Crippen LogP contribution in [-0.4, -0.2) is 38.8 Å². The number of benzene rings is 2. The maximum absolute atomic E-state index is 12.9. The molecular weight excluding hydrogens is 404 g/mol. The summed E-state index contributed by atoms with van der Waals surface area (Å²) >= 11 is 0. The van der Waals surface area contributed by atoms with Gasteiger partial charge in [0.15, 0.2) is 5.76 Å². The quantitative estimate of drug-likeness (QED) is 0.661. The lowest BCUT2D eigenvalue weighted by Crippen LogP contribution is -2.27. The van der Waals surface area contributed by atoms with Crippen LogP contribution in [0.4, 0.5) is 5.69 Å². The lowest BCUT2D eigenvalue weighted by Gasteiger charge is -2.15. The molecule has 0 radical (unpaired) electrons. The number of carbonyl (C=O) groups excluding carboxylic acids is 1. The highest BCUT2D eigenvalue weighted by Gasteiger charge is 2.28. The van der Waals surface area contributed by atoms with Crippen LogP contribution in [0.15, 0.2) is 45.7 Å². The summed E-state index contributed by atoms with van der Waals surface area (Å²) in [6.07, 6.45) is 1.75. The fraction of sp³-hybridized carbons (Fsp3) is 0.318. The highest BCUT2D eigenvalue weighted by atomic mass is 32.2. The van der Waals surface area contributed by atoms with Crippen molar-refractivity contribution < 1.29 is 22.4 Å².